The molecule has 1 unspecified atom stereocenters. The number of amides is 2. The fourth-order valence-electron chi connectivity index (χ4n) is 3.46. The van der Waals surface area contributed by atoms with Crippen LogP contribution in [0, 0.1) is 5.82 Å². The molecular weight excluding hydrogens is 509 g/mol. The molecule has 2 amide bonds. The van der Waals surface area contributed by atoms with Gasteiger partial charge in [-0.05, 0) is 54.0 Å². The molecule has 0 aliphatic carbocycles. The molecule has 1 atom stereocenters. The number of hydrogen-bond donors (Lipinski definition) is 5. The van der Waals surface area contributed by atoms with Crippen molar-refractivity contribution in [2.45, 2.75) is 25.4 Å². The Bertz CT molecular complexity index is 1390. The summed E-state index contributed by atoms with van der Waals surface area (Å²) in [5.41, 5.74) is 7.93. The Kier molecular flexibility index (Phi) is 6.39. The van der Waals surface area contributed by atoms with Gasteiger partial charge in [0.2, 0.25) is 0 Å². The number of aliphatic hydroxyl groups excluding tert-OH is 2. The van der Waals surface area contributed by atoms with Gasteiger partial charge in [0.1, 0.15) is 11.6 Å². The number of aliphatic hydroxyl groups is 2. The minimum absolute atomic E-state index is 0.274. The van der Waals surface area contributed by atoms with Gasteiger partial charge < -0.3 is 26.6 Å². The minimum atomic E-state index is -1.18. The van der Waals surface area contributed by atoms with Gasteiger partial charge in [-0.1, -0.05) is 0 Å². The molecule has 178 valence electrons. The zero-order chi connectivity index (χ0) is 24.6. The van der Waals surface area contributed by atoms with Gasteiger partial charge >= 0.3 is 6.03 Å². The molecule has 0 bridgehead atoms. The summed E-state index contributed by atoms with van der Waals surface area (Å²) in [5.74, 6) is -0.0905. The van der Waals surface area contributed by atoms with Crippen molar-refractivity contribution in [1.82, 2.24) is 30.2 Å². The number of carbonyl (C=O) groups is 1. The number of urea groups is 1. The number of hydrogen-bond acceptors (Lipinski definition) is 7. The van der Waals surface area contributed by atoms with E-state index in [9.17, 15) is 19.4 Å². The van der Waals surface area contributed by atoms with Crippen LogP contribution < -0.4 is 16.4 Å². The highest BCUT2D eigenvalue weighted by Gasteiger charge is 2.27. The van der Waals surface area contributed by atoms with Gasteiger partial charge in [0.15, 0.2) is 5.65 Å². The Hall–Kier alpha value is -3.35. The molecule has 0 aliphatic heterocycles. The normalized spacial score (nSPS) is 12.8. The first kappa shape index (κ1) is 23.8. The molecule has 0 radical (unpaired) electrons. The Morgan fingerprint density at radius 3 is 2.74 bits per heavy atom. The van der Waals surface area contributed by atoms with Crippen molar-refractivity contribution in [3.63, 3.8) is 0 Å². The van der Waals surface area contributed by atoms with Gasteiger partial charge in [-0.3, -0.25) is 4.98 Å². The van der Waals surface area contributed by atoms with E-state index in [4.69, 9.17) is 5.73 Å². The minimum Gasteiger partial charge on any atom is -0.394 e. The van der Waals surface area contributed by atoms with Gasteiger partial charge in [-0.15, -0.1) is 0 Å². The fraction of sp³-hybridized carbons (Fsp3) is 0.273. The molecule has 0 fully saturated rings. The van der Waals surface area contributed by atoms with Crippen LogP contribution in [0.1, 0.15) is 25.6 Å². The van der Waals surface area contributed by atoms with E-state index in [0.29, 0.717) is 37.8 Å². The SMILES string of the molecule is CC(NC(=O)NC(C)(CO)CO)c1nc2c(-c3cnc4ccc(F)cc4c3)cnn2c(N)c1Br. The van der Waals surface area contributed by atoms with Crippen LogP contribution in [0.2, 0.25) is 0 Å². The molecule has 1 aromatic carbocycles. The van der Waals surface area contributed by atoms with Gasteiger partial charge in [0.05, 0.1) is 46.7 Å². The largest absolute Gasteiger partial charge is 0.394 e. The smallest absolute Gasteiger partial charge is 0.315 e. The summed E-state index contributed by atoms with van der Waals surface area (Å²) in [6, 6.07) is 4.95. The van der Waals surface area contributed by atoms with Crippen molar-refractivity contribution in [3.05, 3.63) is 52.6 Å². The quantitative estimate of drug-likeness (QED) is 0.256. The third-order valence-corrected chi connectivity index (χ3v) is 6.29. The van der Waals surface area contributed by atoms with Crippen molar-refractivity contribution in [2.75, 3.05) is 18.9 Å². The van der Waals surface area contributed by atoms with Crippen molar-refractivity contribution >= 4 is 44.3 Å². The van der Waals surface area contributed by atoms with E-state index in [1.807, 2.05) is 0 Å². The van der Waals surface area contributed by atoms with Crippen molar-refractivity contribution in [2.24, 2.45) is 0 Å². The lowest BCUT2D eigenvalue weighted by atomic mass is 10.1. The maximum absolute atomic E-state index is 13.7. The molecule has 6 N–H and O–H groups in total. The van der Waals surface area contributed by atoms with Crippen LogP contribution in [0.5, 0.6) is 0 Å². The van der Waals surface area contributed by atoms with Crippen LogP contribution in [0.4, 0.5) is 15.0 Å². The number of pyridine rings is 1. The summed E-state index contributed by atoms with van der Waals surface area (Å²) < 4.78 is 15.6. The lowest BCUT2D eigenvalue weighted by Crippen LogP contribution is -2.55. The van der Waals surface area contributed by atoms with Crippen LogP contribution in [0.25, 0.3) is 27.7 Å². The zero-order valence-electron chi connectivity index (χ0n) is 18.4. The Morgan fingerprint density at radius 2 is 2.03 bits per heavy atom. The predicted octanol–water partition coefficient (Wildman–Crippen LogP) is 2.53. The number of halogens is 2. The third kappa shape index (κ3) is 4.39. The lowest BCUT2D eigenvalue weighted by molar-refractivity contribution is 0.108. The number of nitrogens with two attached hydrogens (primary N) is 1. The van der Waals surface area contributed by atoms with Crippen LogP contribution in [0.15, 0.2) is 41.1 Å². The summed E-state index contributed by atoms with van der Waals surface area (Å²) in [6.45, 7) is 2.36. The van der Waals surface area contributed by atoms with E-state index < -0.39 is 30.8 Å². The first-order chi connectivity index (χ1) is 16.2. The monoisotopic (exact) mass is 531 g/mol. The van der Waals surface area contributed by atoms with Crippen LogP contribution in [-0.2, 0) is 0 Å². The molecule has 0 saturated carbocycles. The van der Waals surface area contributed by atoms with Gasteiger partial charge in [0, 0.05) is 22.7 Å². The Balaban J connectivity index is 1.72. The van der Waals surface area contributed by atoms with Crippen molar-refractivity contribution < 1.29 is 19.4 Å². The third-order valence-electron chi connectivity index (χ3n) is 5.47. The van der Waals surface area contributed by atoms with Crippen LogP contribution in [-0.4, -0.2) is 54.6 Å². The van der Waals surface area contributed by atoms with E-state index in [0.717, 1.165) is 0 Å². The molecule has 0 spiro atoms. The number of benzene rings is 1. The highest BCUT2D eigenvalue weighted by atomic mass is 79.9. The second-order valence-electron chi connectivity index (χ2n) is 8.25. The van der Waals surface area contributed by atoms with E-state index in [1.165, 1.54) is 23.6 Å². The van der Waals surface area contributed by atoms with Crippen molar-refractivity contribution in [1.29, 1.82) is 0 Å². The lowest BCUT2D eigenvalue weighted by Gasteiger charge is -2.27. The highest BCUT2D eigenvalue weighted by Crippen LogP contribution is 2.33. The molecule has 34 heavy (non-hydrogen) atoms. The molecular formula is C22H23BrFN7O3. The number of nitrogens with zero attached hydrogens (tertiary/aromatic N) is 4. The summed E-state index contributed by atoms with van der Waals surface area (Å²) in [5, 5.41) is 29.0. The molecule has 4 rings (SSSR count). The van der Waals surface area contributed by atoms with Crippen LogP contribution in [0.3, 0.4) is 0 Å². The standard InChI is InChI=1S/C22H23BrFN7O3/c1-11(28-21(34)30-22(2,9-32)10-33)18-17(23)19(25)31-20(29-18)15(8-27-31)13-5-12-6-14(24)3-4-16(12)26-7-13/h3-8,11,32-33H,9-10,25H2,1-2H3,(H2,28,30,34). The molecule has 4 aromatic rings. The van der Waals surface area contributed by atoms with Gasteiger partial charge in [0.25, 0.3) is 0 Å². The van der Waals surface area contributed by atoms with Crippen molar-refractivity contribution in [3.8, 4) is 11.1 Å². The molecule has 3 aromatic heterocycles. The molecule has 0 aliphatic rings. The number of nitrogen functional groups attached to an aromatic ring is 1. The molecule has 12 heteroatoms. The number of aromatic nitrogens is 4. The summed E-state index contributed by atoms with van der Waals surface area (Å²) in [6.07, 6.45) is 3.24. The number of nitrogens with one attached hydrogen (secondary N) is 2. The summed E-state index contributed by atoms with van der Waals surface area (Å²) >= 11 is 3.43. The summed E-state index contributed by atoms with van der Waals surface area (Å²) in [4.78, 5) is 21.5. The second-order valence-corrected chi connectivity index (χ2v) is 9.04. The van der Waals surface area contributed by atoms with Gasteiger partial charge in [-0.25, -0.2) is 14.2 Å². The average Bonchev–Trinajstić information content (AvgIpc) is 3.24. The zero-order valence-corrected chi connectivity index (χ0v) is 20.0. The molecule has 0 saturated heterocycles. The first-order valence-corrected chi connectivity index (χ1v) is 11.1. The van der Waals surface area contributed by atoms with E-state index in [-0.39, 0.29) is 11.6 Å². The maximum atomic E-state index is 13.7. The number of rotatable bonds is 6. The molecule has 10 nitrogen and oxygen atoms in total. The second kappa shape index (κ2) is 9.12. The molecule has 3 heterocycles. The van der Waals surface area contributed by atoms with E-state index >= 15 is 0 Å². The average molecular weight is 532 g/mol. The Labute approximate surface area is 202 Å². The van der Waals surface area contributed by atoms with Crippen LogP contribution >= 0.6 is 15.9 Å². The summed E-state index contributed by atoms with van der Waals surface area (Å²) in [7, 11) is 0. The van der Waals surface area contributed by atoms with Gasteiger partial charge in [-0.2, -0.15) is 9.61 Å². The Morgan fingerprint density at radius 1 is 1.29 bits per heavy atom. The number of carbonyl (C=O) groups excluding carboxylic acids is 1. The fourth-order valence-corrected chi connectivity index (χ4v) is 4.06. The number of fused-ring (bicyclic) bond motifs is 2. The maximum Gasteiger partial charge on any atom is 0.315 e. The van der Waals surface area contributed by atoms with E-state index in [2.05, 4.69) is 41.6 Å². The number of anilines is 1. The topological polar surface area (TPSA) is 151 Å². The van der Waals surface area contributed by atoms with E-state index in [1.54, 1.807) is 31.5 Å². The predicted molar refractivity (Wildman–Crippen MR) is 128 cm³/mol. The first-order valence-electron chi connectivity index (χ1n) is 10.3. The highest BCUT2D eigenvalue weighted by molar-refractivity contribution is 9.10.